The first-order valence-electron chi connectivity index (χ1n) is 4.90. The molecular weight excluding hydrogens is 208 g/mol. The summed E-state index contributed by atoms with van der Waals surface area (Å²) >= 11 is 0. The number of nitrogens with zero attached hydrogens (tertiary/aromatic N) is 2. The zero-order valence-corrected chi connectivity index (χ0v) is 8.97. The van der Waals surface area contributed by atoms with Gasteiger partial charge in [-0.05, 0) is 25.0 Å². The van der Waals surface area contributed by atoms with E-state index in [4.69, 9.17) is 10.00 Å². The molecular formula is C11H12N2O3. The maximum absolute atomic E-state index is 10.5. The fourth-order valence-electron chi connectivity index (χ4n) is 1.19. The lowest BCUT2D eigenvalue weighted by atomic mass is 10.2. The molecule has 0 heterocycles. The van der Waals surface area contributed by atoms with Crippen LogP contribution in [0.15, 0.2) is 18.2 Å². The molecule has 0 spiro atoms. The van der Waals surface area contributed by atoms with Crippen LogP contribution >= 0.6 is 0 Å². The number of unbranched alkanes of at least 4 members (excludes halogenated alkanes) is 1. The van der Waals surface area contributed by atoms with E-state index in [9.17, 15) is 10.1 Å². The van der Waals surface area contributed by atoms with Gasteiger partial charge in [0.1, 0.15) is 5.75 Å². The van der Waals surface area contributed by atoms with Gasteiger partial charge in [-0.15, -0.1) is 0 Å². The minimum absolute atomic E-state index is 0.0147. The fourth-order valence-corrected chi connectivity index (χ4v) is 1.19. The minimum atomic E-state index is -0.457. The number of non-ortho nitro benzene ring substituents is 1. The van der Waals surface area contributed by atoms with Crippen molar-refractivity contribution >= 4 is 5.69 Å². The Morgan fingerprint density at radius 2 is 2.31 bits per heavy atom. The SMILES string of the molecule is Cc1ccc([N+](=O)[O-])cc1OCCCC#N. The Morgan fingerprint density at radius 3 is 2.94 bits per heavy atom. The van der Waals surface area contributed by atoms with Crippen LogP contribution in [-0.4, -0.2) is 11.5 Å². The summed E-state index contributed by atoms with van der Waals surface area (Å²) in [4.78, 5) is 10.1. The summed E-state index contributed by atoms with van der Waals surface area (Å²) in [6, 6.07) is 6.51. The van der Waals surface area contributed by atoms with Crippen molar-refractivity contribution in [1.82, 2.24) is 0 Å². The molecule has 0 saturated carbocycles. The van der Waals surface area contributed by atoms with Crippen molar-refractivity contribution in [2.75, 3.05) is 6.61 Å². The summed E-state index contributed by atoms with van der Waals surface area (Å²) in [5, 5.41) is 18.9. The predicted octanol–water partition coefficient (Wildman–Crippen LogP) is 2.59. The Labute approximate surface area is 93.4 Å². The van der Waals surface area contributed by atoms with Crippen molar-refractivity contribution < 1.29 is 9.66 Å². The van der Waals surface area contributed by atoms with Gasteiger partial charge >= 0.3 is 0 Å². The van der Waals surface area contributed by atoms with Crippen molar-refractivity contribution in [2.45, 2.75) is 19.8 Å². The van der Waals surface area contributed by atoms with E-state index in [0.29, 0.717) is 25.2 Å². The Bertz CT molecular complexity index is 424. The number of nitro groups is 1. The molecule has 0 amide bonds. The summed E-state index contributed by atoms with van der Waals surface area (Å²) in [6.45, 7) is 2.22. The average Bonchev–Trinajstić information content (AvgIpc) is 2.26. The zero-order valence-electron chi connectivity index (χ0n) is 8.97. The van der Waals surface area contributed by atoms with E-state index in [1.165, 1.54) is 12.1 Å². The largest absolute Gasteiger partial charge is 0.493 e. The van der Waals surface area contributed by atoms with E-state index < -0.39 is 4.92 Å². The normalized spacial score (nSPS) is 9.50. The summed E-state index contributed by atoms with van der Waals surface area (Å²) in [6.07, 6.45) is 1.05. The van der Waals surface area contributed by atoms with Crippen LogP contribution in [0, 0.1) is 28.4 Å². The van der Waals surface area contributed by atoms with E-state index in [1.54, 1.807) is 6.07 Å². The molecule has 0 atom stereocenters. The number of hydrogen-bond acceptors (Lipinski definition) is 4. The molecule has 0 bridgehead atoms. The number of nitriles is 1. The molecule has 0 unspecified atom stereocenters. The first-order valence-corrected chi connectivity index (χ1v) is 4.90. The van der Waals surface area contributed by atoms with E-state index in [1.807, 2.05) is 13.0 Å². The quantitative estimate of drug-likeness (QED) is 0.434. The van der Waals surface area contributed by atoms with Crippen LogP contribution in [0.3, 0.4) is 0 Å². The van der Waals surface area contributed by atoms with Gasteiger partial charge < -0.3 is 4.74 Å². The molecule has 0 fully saturated rings. The van der Waals surface area contributed by atoms with Crippen molar-refractivity contribution in [1.29, 1.82) is 5.26 Å². The lowest BCUT2D eigenvalue weighted by Gasteiger charge is -2.07. The summed E-state index contributed by atoms with van der Waals surface area (Å²) in [7, 11) is 0. The first kappa shape index (κ1) is 12.0. The Kier molecular flexibility index (Phi) is 4.28. The molecule has 0 saturated heterocycles. The zero-order chi connectivity index (χ0) is 12.0. The molecule has 0 radical (unpaired) electrons. The van der Waals surface area contributed by atoms with Gasteiger partial charge in [0.15, 0.2) is 0 Å². The molecule has 0 aliphatic rings. The van der Waals surface area contributed by atoms with E-state index in [-0.39, 0.29) is 5.69 Å². The van der Waals surface area contributed by atoms with Gasteiger partial charge in [-0.25, -0.2) is 0 Å². The standard InChI is InChI=1S/C11H12N2O3/c1-9-4-5-10(13(14)15)8-11(9)16-7-3-2-6-12/h4-5,8H,2-3,7H2,1H3. The monoisotopic (exact) mass is 220 g/mol. The molecule has 16 heavy (non-hydrogen) atoms. The smallest absolute Gasteiger partial charge is 0.273 e. The van der Waals surface area contributed by atoms with Gasteiger partial charge in [-0.1, -0.05) is 0 Å². The maximum Gasteiger partial charge on any atom is 0.273 e. The summed E-state index contributed by atoms with van der Waals surface area (Å²) in [5.41, 5.74) is 0.864. The molecule has 1 rings (SSSR count). The lowest BCUT2D eigenvalue weighted by Crippen LogP contribution is -1.99. The number of nitro benzene ring substituents is 1. The molecule has 0 N–H and O–H groups in total. The Hall–Kier alpha value is -2.09. The average molecular weight is 220 g/mol. The van der Waals surface area contributed by atoms with Crippen molar-refractivity contribution in [3.05, 3.63) is 33.9 Å². The molecule has 0 aliphatic heterocycles. The van der Waals surface area contributed by atoms with Gasteiger partial charge in [0.05, 0.1) is 23.7 Å². The maximum atomic E-state index is 10.5. The van der Waals surface area contributed by atoms with E-state index in [0.717, 1.165) is 5.56 Å². The van der Waals surface area contributed by atoms with Crippen LogP contribution in [0.2, 0.25) is 0 Å². The third-order valence-corrected chi connectivity index (χ3v) is 2.07. The third kappa shape index (κ3) is 3.24. The van der Waals surface area contributed by atoms with Crippen LogP contribution in [0.1, 0.15) is 18.4 Å². The second kappa shape index (κ2) is 5.71. The predicted molar refractivity (Wildman–Crippen MR) is 58.2 cm³/mol. The number of rotatable bonds is 5. The summed E-state index contributed by atoms with van der Waals surface area (Å²) in [5.74, 6) is 0.507. The van der Waals surface area contributed by atoms with Crippen LogP contribution in [-0.2, 0) is 0 Å². The van der Waals surface area contributed by atoms with Crippen molar-refractivity contribution in [2.24, 2.45) is 0 Å². The first-order chi connectivity index (χ1) is 7.65. The van der Waals surface area contributed by atoms with Gasteiger partial charge in [-0.2, -0.15) is 5.26 Å². The highest BCUT2D eigenvalue weighted by Gasteiger charge is 2.09. The number of aryl methyl sites for hydroxylation is 1. The van der Waals surface area contributed by atoms with Crippen molar-refractivity contribution in [3.8, 4) is 11.8 Å². The highest BCUT2D eigenvalue weighted by atomic mass is 16.6. The number of hydrogen-bond donors (Lipinski definition) is 0. The van der Waals surface area contributed by atoms with Crippen LogP contribution in [0.5, 0.6) is 5.75 Å². The second-order valence-corrected chi connectivity index (χ2v) is 3.32. The molecule has 1 aromatic carbocycles. The number of benzene rings is 1. The highest BCUT2D eigenvalue weighted by Crippen LogP contribution is 2.24. The topological polar surface area (TPSA) is 76.2 Å². The van der Waals surface area contributed by atoms with Crippen LogP contribution in [0.4, 0.5) is 5.69 Å². The lowest BCUT2D eigenvalue weighted by molar-refractivity contribution is -0.384. The molecule has 5 nitrogen and oxygen atoms in total. The summed E-state index contributed by atoms with van der Waals surface area (Å²) < 4.78 is 5.37. The van der Waals surface area contributed by atoms with Gasteiger partial charge in [0, 0.05) is 12.5 Å². The van der Waals surface area contributed by atoms with Gasteiger partial charge in [-0.3, -0.25) is 10.1 Å². The fraction of sp³-hybridized carbons (Fsp3) is 0.364. The molecule has 1 aromatic rings. The highest BCUT2D eigenvalue weighted by molar-refractivity contribution is 5.43. The number of ether oxygens (including phenoxy) is 1. The van der Waals surface area contributed by atoms with Gasteiger partial charge in [0.25, 0.3) is 5.69 Å². The van der Waals surface area contributed by atoms with E-state index in [2.05, 4.69) is 0 Å². The third-order valence-electron chi connectivity index (χ3n) is 2.07. The van der Waals surface area contributed by atoms with Crippen LogP contribution < -0.4 is 4.74 Å². The van der Waals surface area contributed by atoms with E-state index >= 15 is 0 Å². The van der Waals surface area contributed by atoms with Crippen LogP contribution in [0.25, 0.3) is 0 Å². The Balaban J connectivity index is 2.67. The Morgan fingerprint density at radius 1 is 1.56 bits per heavy atom. The van der Waals surface area contributed by atoms with Gasteiger partial charge in [0.2, 0.25) is 0 Å². The second-order valence-electron chi connectivity index (χ2n) is 3.32. The van der Waals surface area contributed by atoms with Crippen molar-refractivity contribution in [3.63, 3.8) is 0 Å². The molecule has 84 valence electrons. The minimum Gasteiger partial charge on any atom is -0.493 e. The molecule has 5 heteroatoms. The molecule has 0 aliphatic carbocycles. The molecule has 0 aromatic heterocycles.